The summed E-state index contributed by atoms with van der Waals surface area (Å²) in [5.74, 6) is -2.61. The molecule has 0 aliphatic carbocycles. The number of halogens is 1. The minimum atomic E-state index is -1.32. The largest absolute Gasteiger partial charge is 0.451 e. The van der Waals surface area contributed by atoms with Crippen LogP contribution in [-0.2, 0) is 23.7 Å². The van der Waals surface area contributed by atoms with E-state index >= 15 is 0 Å². The highest BCUT2D eigenvalue weighted by atomic mass is 35.5. The van der Waals surface area contributed by atoms with E-state index in [1.165, 1.54) is 0 Å². The van der Waals surface area contributed by atoms with Gasteiger partial charge in [0.1, 0.15) is 17.5 Å². The summed E-state index contributed by atoms with van der Waals surface area (Å²) in [6, 6.07) is 0. The summed E-state index contributed by atoms with van der Waals surface area (Å²) in [4.78, 5) is 29.4. The minimum Gasteiger partial charge on any atom is -0.338 e. The molecule has 0 rings (SSSR count). The van der Waals surface area contributed by atoms with Crippen LogP contribution in [0.4, 0.5) is 0 Å². The predicted octanol–water partition coefficient (Wildman–Crippen LogP) is 0.957. The second-order valence-corrected chi connectivity index (χ2v) is 3.09. The zero-order valence-corrected chi connectivity index (χ0v) is 7.68. The molecule has 0 amide bonds. The van der Waals surface area contributed by atoms with Crippen LogP contribution >= 0.6 is 11.9 Å². The van der Waals surface area contributed by atoms with Crippen LogP contribution in [0.15, 0.2) is 0 Å². The lowest BCUT2D eigenvalue weighted by molar-refractivity contribution is -0.318. The summed E-state index contributed by atoms with van der Waals surface area (Å²) < 4.78 is 3.56. The average Bonchev–Trinajstić information content (AvgIpc) is 1.97. The highest BCUT2D eigenvalue weighted by Crippen LogP contribution is 2.07. The fourth-order valence-corrected chi connectivity index (χ4v) is 0.291. The molecule has 0 unspecified atom stereocenters. The van der Waals surface area contributed by atoms with Crippen LogP contribution in [0.5, 0.6) is 0 Å². The van der Waals surface area contributed by atoms with E-state index in [0.717, 1.165) is 0 Å². The Morgan fingerprint density at radius 3 is 2.00 bits per heavy atom. The molecule has 0 aliphatic rings. The van der Waals surface area contributed by atoms with Gasteiger partial charge in [-0.3, -0.25) is 4.89 Å². The zero-order chi connectivity index (χ0) is 9.78. The summed E-state index contributed by atoms with van der Waals surface area (Å²) in [6.07, 6.45) is 0. The summed E-state index contributed by atoms with van der Waals surface area (Å²) in [5, 5.41) is 0. The van der Waals surface area contributed by atoms with E-state index in [1.807, 2.05) is 0 Å². The zero-order valence-electron chi connectivity index (χ0n) is 6.92. The Hall–Kier alpha value is -0.810. The van der Waals surface area contributed by atoms with Crippen molar-refractivity contribution < 1.29 is 23.7 Å². The van der Waals surface area contributed by atoms with Crippen molar-refractivity contribution in [1.29, 1.82) is 0 Å². The number of carbonyl (C=O) groups excluding carboxylic acids is 2. The molecule has 0 radical (unpaired) electrons. The maximum absolute atomic E-state index is 10.5. The van der Waals surface area contributed by atoms with Gasteiger partial charge in [0, 0.05) is 0 Å². The predicted molar refractivity (Wildman–Crippen MR) is 38.9 cm³/mol. The first kappa shape index (κ1) is 11.2. The standard InChI is InChI=1S/C6H9ClO5/c1-6(2,3)12-11-5(9)4(8)10-7/h1-3H3. The van der Waals surface area contributed by atoms with Crippen molar-refractivity contribution >= 4 is 23.8 Å². The summed E-state index contributed by atoms with van der Waals surface area (Å²) in [6.45, 7) is 4.94. The van der Waals surface area contributed by atoms with Crippen molar-refractivity contribution in [3.05, 3.63) is 0 Å². The molecule has 6 heteroatoms. The Labute approximate surface area is 74.6 Å². The Kier molecular flexibility index (Phi) is 3.99. The van der Waals surface area contributed by atoms with Gasteiger partial charge >= 0.3 is 11.9 Å². The van der Waals surface area contributed by atoms with Crippen molar-refractivity contribution in [2.24, 2.45) is 0 Å². The molecule has 0 aliphatic heterocycles. The molecule has 0 aromatic carbocycles. The highest BCUT2D eigenvalue weighted by Gasteiger charge is 2.22. The molecule has 0 spiro atoms. The van der Waals surface area contributed by atoms with Crippen molar-refractivity contribution in [3.63, 3.8) is 0 Å². The topological polar surface area (TPSA) is 61.8 Å². The first-order chi connectivity index (χ1) is 5.37. The molecule has 70 valence electrons. The van der Waals surface area contributed by atoms with Gasteiger partial charge in [0.2, 0.25) is 0 Å². The third-order valence-electron chi connectivity index (χ3n) is 0.604. The lowest BCUT2D eigenvalue weighted by atomic mass is 10.2. The maximum Gasteiger partial charge on any atom is 0.451 e. The van der Waals surface area contributed by atoms with Crippen LogP contribution < -0.4 is 0 Å². The van der Waals surface area contributed by atoms with E-state index < -0.39 is 17.5 Å². The molecule has 12 heavy (non-hydrogen) atoms. The molecule has 0 atom stereocenters. The summed E-state index contributed by atoms with van der Waals surface area (Å²) in [7, 11) is 0. The van der Waals surface area contributed by atoms with Crippen molar-refractivity contribution in [3.8, 4) is 0 Å². The third kappa shape index (κ3) is 4.92. The van der Waals surface area contributed by atoms with Gasteiger partial charge < -0.3 is 4.29 Å². The smallest absolute Gasteiger partial charge is 0.338 e. The fourth-order valence-electron chi connectivity index (χ4n) is 0.228. The SMILES string of the molecule is CC(C)(C)OOC(=O)C(=O)OCl. The molecule has 0 saturated carbocycles. The van der Waals surface area contributed by atoms with Crippen molar-refractivity contribution in [1.82, 2.24) is 0 Å². The van der Waals surface area contributed by atoms with Gasteiger partial charge in [-0.2, -0.15) is 4.89 Å². The monoisotopic (exact) mass is 196 g/mol. The molecule has 0 aromatic heterocycles. The van der Waals surface area contributed by atoms with Crippen molar-refractivity contribution in [2.45, 2.75) is 26.4 Å². The Balaban J connectivity index is 3.80. The van der Waals surface area contributed by atoms with E-state index in [0.29, 0.717) is 0 Å². The number of rotatable bonds is 1. The van der Waals surface area contributed by atoms with E-state index in [-0.39, 0.29) is 0 Å². The molecule has 5 nitrogen and oxygen atoms in total. The first-order valence-corrected chi connectivity index (χ1v) is 3.40. The van der Waals surface area contributed by atoms with Crippen LogP contribution in [0, 0.1) is 0 Å². The molecule has 0 heterocycles. The Bertz CT molecular complexity index is 183. The molecule has 0 saturated heterocycles. The van der Waals surface area contributed by atoms with E-state index in [4.69, 9.17) is 0 Å². The van der Waals surface area contributed by atoms with Gasteiger partial charge in [0.05, 0.1) is 0 Å². The quantitative estimate of drug-likeness (QED) is 0.355. The van der Waals surface area contributed by atoms with Crippen LogP contribution in [0.2, 0.25) is 0 Å². The second kappa shape index (κ2) is 4.27. The highest BCUT2D eigenvalue weighted by molar-refractivity contribution is 6.34. The maximum atomic E-state index is 10.5. The first-order valence-electron chi connectivity index (χ1n) is 3.09. The van der Waals surface area contributed by atoms with Gasteiger partial charge in [-0.25, -0.2) is 9.59 Å². The Morgan fingerprint density at radius 2 is 1.67 bits per heavy atom. The molecule has 0 N–H and O–H groups in total. The molecule has 0 aromatic rings. The van der Waals surface area contributed by atoms with Gasteiger partial charge in [-0.05, 0) is 20.8 Å². The number of hydrogen-bond acceptors (Lipinski definition) is 5. The van der Waals surface area contributed by atoms with Crippen LogP contribution in [0.1, 0.15) is 20.8 Å². The second-order valence-electron chi connectivity index (χ2n) is 2.93. The van der Waals surface area contributed by atoms with Crippen molar-refractivity contribution in [2.75, 3.05) is 0 Å². The van der Waals surface area contributed by atoms with E-state index in [9.17, 15) is 9.59 Å². The van der Waals surface area contributed by atoms with E-state index in [1.54, 1.807) is 20.8 Å². The minimum absolute atomic E-state index is 0.678. The average molecular weight is 197 g/mol. The molecule has 0 bridgehead atoms. The lowest BCUT2D eigenvalue weighted by Crippen LogP contribution is -2.25. The van der Waals surface area contributed by atoms with Gasteiger partial charge in [0.25, 0.3) is 0 Å². The van der Waals surface area contributed by atoms with Gasteiger partial charge in [-0.15, -0.1) is 0 Å². The van der Waals surface area contributed by atoms with Crippen LogP contribution in [0.3, 0.4) is 0 Å². The van der Waals surface area contributed by atoms with Gasteiger partial charge in [-0.1, -0.05) is 0 Å². The molecular formula is C6H9ClO5. The summed E-state index contributed by atoms with van der Waals surface area (Å²) in [5.41, 5.74) is -0.678. The fraction of sp³-hybridized carbons (Fsp3) is 0.667. The number of carbonyl (C=O) groups is 2. The Morgan fingerprint density at radius 1 is 1.17 bits per heavy atom. The van der Waals surface area contributed by atoms with Crippen LogP contribution in [-0.4, -0.2) is 17.5 Å². The third-order valence-corrected chi connectivity index (χ3v) is 0.744. The summed E-state index contributed by atoms with van der Waals surface area (Å²) >= 11 is 4.59. The van der Waals surface area contributed by atoms with E-state index in [2.05, 4.69) is 25.9 Å². The van der Waals surface area contributed by atoms with Crippen LogP contribution in [0.25, 0.3) is 0 Å². The normalized spacial score (nSPS) is 10.7. The molecule has 0 fully saturated rings. The molecular weight excluding hydrogens is 188 g/mol. The van der Waals surface area contributed by atoms with Gasteiger partial charge in [0.15, 0.2) is 0 Å². The lowest BCUT2D eigenvalue weighted by Gasteiger charge is -2.15. The number of hydrogen-bond donors (Lipinski definition) is 0.